The fraction of sp³-hybridized carbons (Fsp3) is 0.316. The van der Waals surface area contributed by atoms with Crippen molar-refractivity contribution in [1.82, 2.24) is 9.13 Å². The summed E-state index contributed by atoms with van der Waals surface area (Å²) in [5.41, 5.74) is 4.37. The average molecular weight is 359 g/mol. The third-order valence-electron chi connectivity index (χ3n) is 4.21. The van der Waals surface area contributed by atoms with Crippen LogP contribution in [0.3, 0.4) is 0 Å². The summed E-state index contributed by atoms with van der Waals surface area (Å²) in [6, 6.07) is 16.5. The molecule has 0 amide bonds. The molecule has 0 aliphatic heterocycles. The summed E-state index contributed by atoms with van der Waals surface area (Å²) in [6.45, 7) is 1.41. The lowest BCUT2D eigenvalue weighted by Crippen LogP contribution is -2.24. The first-order valence-corrected chi connectivity index (χ1v) is 9.53. The number of aromatic nitrogens is 2. The maximum atomic E-state index is 12.8. The average Bonchev–Trinajstić information content (AvgIpc) is 2.89. The van der Waals surface area contributed by atoms with Gasteiger partial charge in [0.1, 0.15) is 0 Å². The van der Waals surface area contributed by atoms with Gasteiger partial charge in [-0.15, -0.1) is 0 Å². The molecule has 126 valence electrons. The first-order chi connectivity index (χ1) is 11.8. The normalized spacial score (nSPS) is 11.2. The predicted octanol–water partition coefficient (Wildman–Crippen LogP) is 4.11. The van der Waals surface area contributed by atoms with Crippen molar-refractivity contribution in [2.24, 2.45) is 0 Å². The summed E-state index contributed by atoms with van der Waals surface area (Å²) < 4.78 is 3.76. The zero-order valence-corrected chi connectivity index (χ0v) is 15.3. The molecular formula is C19H22N2OS2. The minimum Gasteiger partial charge on any atom is -0.292 e. The monoisotopic (exact) mass is 358 g/mol. The van der Waals surface area contributed by atoms with E-state index in [1.165, 1.54) is 0 Å². The van der Waals surface area contributed by atoms with E-state index in [4.69, 9.17) is 0 Å². The highest BCUT2D eigenvalue weighted by Crippen LogP contribution is 2.24. The summed E-state index contributed by atoms with van der Waals surface area (Å²) >= 11 is 8.56. The lowest BCUT2D eigenvalue weighted by molar-refractivity contribution is 0.612. The Morgan fingerprint density at radius 3 is 2.00 bits per heavy atom. The first kappa shape index (κ1) is 17.2. The molecule has 5 heteroatoms. The van der Waals surface area contributed by atoms with E-state index in [0.29, 0.717) is 13.1 Å². The Morgan fingerprint density at radius 1 is 0.750 bits per heavy atom. The summed E-state index contributed by atoms with van der Waals surface area (Å²) in [5.74, 6) is 1.55. The van der Waals surface area contributed by atoms with E-state index in [1.807, 2.05) is 27.3 Å². The molecule has 24 heavy (non-hydrogen) atoms. The van der Waals surface area contributed by atoms with E-state index in [9.17, 15) is 4.79 Å². The highest BCUT2D eigenvalue weighted by molar-refractivity contribution is 7.80. The summed E-state index contributed by atoms with van der Waals surface area (Å²) in [6.07, 6.45) is 1.76. The van der Waals surface area contributed by atoms with Crippen molar-refractivity contribution < 1.29 is 0 Å². The van der Waals surface area contributed by atoms with Crippen molar-refractivity contribution in [2.75, 3.05) is 11.5 Å². The molecule has 3 rings (SSSR count). The molecule has 0 fully saturated rings. The van der Waals surface area contributed by atoms with E-state index in [0.717, 1.165) is 46.5 Å². The van der Waals surface area contributed by atoms with E-state index in [2.05, 4.69) is 55.6 Å². The number of hydrogen-bond acceptors (Lipinski definition) is 3. The molecule has 3 aromatic rings. The van der Waals surface area contributed by atoms with Crippen molar-refractivity contribution in [3.8, 4) is 11.1 Å². The van der Waals surface area contributed by atoms with Crippen LogP contribution in [-0.2, 0) is 13.1 Å². The summed E-state index contributed by atoms with van der Waals surface area (Å²) in [5, 5.41) is 0. The fourth-order valence-electron chi connectivity index (χ4n) is 3.02. The third kappa shape index (κ3) is 3.42. The molecule has 0 spiro atoms. The molecule has 0 saturated carbocycles. The standard InChI is InChI=1S/C19H22N2OS2/c22-19-20(10-4-12-23)17-9-8-16(15-6-2-1-3-7-15)14-18(17)21(19)11-5-13-24/h1-3,6-9,14,23-24H,4-5,10-13H2. The molecule has 3 nitrogen and oxygen atoms in total. The summed E-state index contributed by atoms with van der Waals surface area (Å²) in [7, 11) is 0. The van der Waals surface area contributed by atoms with Gasteiger partial charge in [-0.3, -0.25) is 9.13 Å². The smallest absolute Gasteiger partial charge is 0.292 e. The Bertz CT molecular complexity index is 868. The second-order valence-electron chi connectivity index (χ2n) is 5.81. The molecule has 0 unspecified atom stereocenters. The maximum absolute atomic E-state index is 12.8. The van der Waals surface area contributed by atoms with Gasteiger partial charge in [0, 0.05) is 13.1 Å². The van der Waals surface area contributed by atoms with E-state index in [-0.39, 0.29) is 5.69 Å². The SMILES string of the molecule is O=c1n(CCCS)c2ccc(-c3ccccc3)cc2n1CCCS. The number of hydrogen-bond donors (Lipinski definition) is 2. The van der Waals surface area contributed by atoms with Gasteiger partial charge in [-0.05, 0) is 47.6 Å². The number of fused-ring (bicyclic) bond motifs is 1. The van der Waals surface area contributed by atoms with Crippen LogP contribution in [0.1, 0.15) is 12.8 Å². The molecule has 0 bridgehead atoms. The highest BCUT2D eigenvalue weighted by atomic mass is 32.1. The molecule has 0 aliphatic carbocycles. The molecule has 0 atom stereocenters. The Hall–Kier alpha value is -1.59. The van der Waals surface area contributed by atoms with Crippen molar-refractivity contribution >= 4 is 36.3 Å². The van der Waals surface area contributed by atoms with Gasteiger partial charge in [0.05, 0.1) is 11.0 Å². The lowest BCUT2D eigenvalue weighted by atomic mass is 10.1. The summed E-state index contributed by atoms with van der Waals surface area (Å²) in [4.78, 5) is 12.8. The van der Waals surface area contributed by atoms with Crippen LogP contribution in [0, 0.1) is 0 Å². The predicted molar refractivity (Wildman–Crippen MR) is 109 cm³/mol. The number of nitrogens with zero attached hydrogens (tertiary/aromatic N) is 2. The Morgan fingerprint density at radius 2 is 1.38 bits per heavy atom. The van der Waals surface area contributed by atoms with Gasteiger partial charge in [-0.25, -0.2) is 4.79 Å². The molecule has 0 radical (unpaired) electrons. The van der Waals surface area contributed by atoms with Crippen LogP contribution in [0.4, 0.5) is 0 Å². The number of aryl methyl sites for hydroxylation is 2. The fourth-order valence-corrected chi connectivity index (χ4v) is 3.30. The second-order valence-corrected chi connectivity index (χ2v) is 6.70. The molecule has 0 saturated heterocycles. The first-order valence-electron chi connectivity index (χ1n) is 8.26. The Labute approximate surface area is 153 Å². The topological polar surface area (TPSA) is 26.9 Å². The van der Waals surface area contributed by atoms with Crippen LogP contribution >= 0.6 is 25.3 Å². The van der Waals surface area contributed by atoms with Crippen LogP contribution in [0.5, 0.6) is 0 Å². The van der Waals surface area contributed by atoms with Crippen molar-refractivity contribution in [3.05, 3.63) is 59.0 Å². The molecule has 1 aromatic heterocycles. The second kappa shape index (κ2) is 7.99. The van der Waals surface area contributed by atoms with Gasteiger partial charge in [-0.1, -0.05) is 36.4 Å². The molecule has 0 aliphatic rings. The zero-order chi connectivity index (χ0) is 16.9. The Balaban J connectivity index is 2.14. The van der Waals surface area contributed by atoms with Crippen LogP contribution in [0.15, 0.2) is 53.3 Å². The van der Waals surface area contributed by atoms with E-state index < -0.39 is 0 Å². The zero-order valence-electron chi connectivity index (χ0n) is 13.6. The minimum atomic E-state index is 0.0683. The van der Waals surface area contributed by atoms with Crippen molar-refractivity contribution in [3.63, 3.8) is 0 Å². The van der Waals surface area contributed by atoms with Crippen LogP contribution in [-0.4, -0.2) is 20.6 Å². The molecule has 0 N–H and O–H groups in total. The number of imidazole rings is 1. The number of benzene rings is 2. The lowest BCUT2D eigenvalue weighted by Gasteiger charge is -2.05. The van der Waals surface area contributed by atoms with Gasteiger partial charge in [0.25, 0.3) is 0 Å². The van der Waals surface area contributed by atoms with Gasteiger partial charge >= 0.3 is 5.69 Å². The number of rotatable bonds is 7. The highest BCUT2D eigenvalue weighted by Gasteiger charge is 2.13. The van der Waals surface area contributed by atoms with Crippen molar-refractivity contribution in [1.29, 1.82) is 0 Å². The van der Waals surface area contributed by atoms with Crippen LogP contribution in [0.2, 0.25) is 0 Å². The van der Waals surface area contributed by atoms with Crippen LogP contribution < -0.4 is 5.69 Å². The quantitative estimate of drug-likeness (QED) is 0.611. The van der Waals surface area contributed by atoms with Gasteiger partial charge in [-0.2, -0.15) is 25.3 Å². The van der Waals surface area contributed by atoms with Crippen molar-refractivity contribution in [2.45, 2.75) is 25.9 Å². The Kier molecular flexibility index (Phi) is 5.74. The largest absolute Gasteiger partial charge is 0.329 e. The van der Waals surface area contributed by atoms with Crippen LogP contribution in [0.25, 0.3) is 22.2 Å². The van der Waals surface area contributed by atoms with Gasteiger partial charge in [0.2, 0.25) is 0 Å². The number of thiol groups is 2. The maximum Gasteiger partial charge on any atom is 0.329 e. The van der Waals surface area contributed by atoms with Gasteiger partial charge < -0.3 is 0 Å². The molecule has 2 aromatic carbocycles. The third-order valence-corrected chi connectivity index (χ3v) is 4.84. The minimum absolute atomic E-state index is 0.0683. The van der Waals surface area contributed by atoms with E-state index >= 15 is 0 Å². The van der Waals surface area contributed by atoms with E-state index in [1.54, 1.807) is 0 Å². The molecular weight excluding hydrogens is 336 g/mol. The van der Waals surface area contributed by atoms with Gasteiger partial charge in [0.15, 0.2) is 0 Å². The molecule has 1 heterocycles.